The van der Waals surface area contributed by atoms with Crippen LogP contribution in [0, 0.1) is 6.92 Å². The van der Waals surface area contributed by atoms with Crippen LogP contribution >= 0.6 is 0 Å². The molecule has 6 rings (SSSR count). The molecule has 5 aromatic carbocycles. The average molecular weight is 411 g/mol. The summed E-state index contributed by atoms with van der Waals surface area (Å²) < 4.78 is 6.09. The van der Waals surface area contributed by atoms with E-state index < -0.39 is 0 Å². The molecule has 1 nitrogen and oxygen atoms in total. The molecule has 1 heteroatoms. The van der Waals surface area contributed by atoms with Crippen molar-refractivity contribution in [3.63, 3.8) is 0 Å². The van der Waals surface area contributed by atoms with Gasteiger partial charge in [-0.05, 0) is 64.6 Å². The van der Waals surface area contributed by atoms with Gasteiger partial charge in [0, 0.05) is 10.8 Å². The zero-order valence-corrected chi connectivity index (χ0v) is 17.9. The fourth-order valence-electron chi connectivity index (χ4n) is 4.38. The molecule has 0 bridgehead atoms. The Balaban J connectivity index is 1.35. The number of para-hydroxylation sites is 1. The van der Waals surface area contributed by atoms with E-state index in [1.54, 1.807) is 0 Å². The lowest BCUT2D eigenvalue weighted by Crippen LogP contribution is -1.83. The van der Waals surface area contributed by atoms with E-state index in [-0.39, 0.29) is 0 Å². The summed E-state index contributed by atoms with van der Waals surface area (Å²) in [4.78, 5) is 0. The number of furan rings is 1. The van der Waals surface area contributed by atoms with Crippen LogP contribution in [0.1, 0.15) is 5.56 Å². The monoisotopic (exact) mass is 410 g/mol. The second-order valence-electron chi connectivity index (χ2n) is 8.33. The Hall–Kier alpha value is -4.10. The van der Waals surface area contributed by atoms with Gasteiger partial charge in [-0.25, -0.2) is 0 Å². The fourth-order valence-corrected chi connectivity index (χ4v) is 4.38. The molecule has 0 saturated carbocycles. The number of fused-ring (bicyclic) bond motifs is 3. The Kier molecular flexibility index (Phi) is 4.40. The molecule has 0 unspecified atom stereocenters. The lowest BCUT2D eigenvalue weighted by atomic mass is 9.96. The highest BCUT2D eigenvalue weighted by Crippen LogP contribution is 2.33. The minimum absolute atomic E-state index is 0.927. The van der Waals surface area contributed by atoms with Crippen molar-refractivity contribution in [1.82, 2.24) is 0 Å². The van der Waals surface area contributed by atoms with Gasteiger partial charge in [0.2, 0.25) is 0 Å². The summed E-state index contributed by atoms with van der Waals surface area (Å²) in [6.07, 6.45) is 0. The first-order chi connectivity index (χ1) is 15.7. The quantitative estimate of drug-likeness (QED) is 0.284. The Morgan fingerprint density at radius 2 is 0.938 bits per heavy atom. The van der Waals surface area contributed by atoms with Gasteiger partial charge in [0.05, 0.1) is 0 Å². The summed E-state index contributed by atoms with van der Waals surface area (Å²) in [5.74, 6) is 0. The second kappa shape index (κ2) is 7.55. The first kappa shape index (κ1) is 18.7. The van der Waals surface area contributed by atoms with Gasteiger partial charge in [-0.3, -0.25) is 0 Å². The average Bonchev–Trinajstić information content (AvgIpc) is 3.23. The largest absolute Gasteiger partial charge is 0.456 e. The third-order valence-corrected chi connectivity index (χ3v) is 6.18. The van der Waals surface area contributed by atoms with Crippen LogP contribution in [0.4, 0.5) is 0 Å². The van der Waals surface area contributed by atoms with Gasteiger partial charge in [-0.1, -0.05) is 96.6 Å². The van der Waals surface area contributed by atoms with Crippen molar-refractivity contribution in [2.45, 2.75) is 6.92 Å². The lowest BCUT2D eigenvalue weighted by molar-refractivity contribution is 0.669. The van der Waals surface area contributed by atoms with Crippen LogP contribution < -0.4 is 0 Å². The maximum Gasteiger partial charge on any atom is 0.136 e. The van der Waals surface area contributed by atoms with E-state index in [2.05, 4.69) is 110 Å². The molecule has 0 radical (unpaired) electrons. The van der Waals surface area contributed by atoms with E-state index in [1.165, 1.54) is 33.4 Å². The molecule has 32 heavy (non-hydrogen) atoms. The van der Waals surface area contributed by atoms with Crippen LogP contribution in [0.25, 0.3) is 55.3 Å². The van der Waals surface area contributed by atoms with E-state index in [9.17, 15) is 0 Å². The van der Waals surface area contributed by atoms with Gasteiger partial charge >= 0.3 is 0 Å². The molecule has 0 fully saturated rings. The van der Waals surface area contributed by atoms with E-state index in [0.717, 1.165) is 27.5 Å². The Labute approximate surface area is 187 Å². The predicted octanol–water partition coefficient (Wildman–Crippen LogP) is 8.90. The van der Waals surface area contributed by atoms with E-state index in [1.807, 2.05) is 12.1 Å². The van der Waals surface area contributed by atoms with Crippen LogP contribution in [0.3, 0.4) is 0 Å². The molecule has 0 aliphatic rings. The predicted molar refractivity (Wildman–Crippen MR) is 135 cm³/mol. The third kappa shape index (κ3) is 3.29. The third-order valence-electron chi connectivity index (χ3n) is 6.18. The highest BCUT2D eigenvalue weighted by molar-refractivity contribution is 6.05. The number of benzene rings is 5. The molecule has 1 aromatic heterocycles. The van der Waals surface area contributed by atoms with Crippen LogP contribution in [0.5, 0.6) is 0 Å². The summed E-state index contributed by atoms with van der Waals surface area (Å²) in [7, 11) is 0. The van der Waals surface area contributed by atoms with Crippen LogP contribution in [0.15, 0.2) is 120 Å². The van der Waals surface area contributed by atoms with Crippen molar-refractivity contribution in [3.05, 3.63) is 121 Å². The molecule has 6 aromatic rings. The summed E-state index contributed by atoms with van der Waals surface area (Å²) in [5, 5.41) is 2.32. The first-order valence-electron chi connectivity index (χ1n) is 10.9. The molecule has 0 aliphatic heterocycles. The van der Waals surface area contributed by atoms with Gasteiger partial charge < -0.3 is 4.42 Å². The molecule has 1 heterocycles. The van der Waals surface area contributed by atoms with Gasteiger partial charge in [-0.15, -0.1) is 0 Å². The summed E-state index contributed by atoms with van der Waals surface area (Å²) in [6.45, 7) is 2.12. The van der Waals surface area contributed by atoms with Gasteiger partial charge in [0.25, 0.3) is 0 Å². The molecular formula is C31H22O. The van der Waals surface area contributed by atoms with Gasteiger partial charge in [-0.2, -0.15) is 0 Å². The maximum absolute atomic E-state index is 6.09. The molecule has 0 atom stereocenters. The number of hydrogen-bond donors (Lipinski definition) is 0. The highest BCUT2D eigenvalue weighted by Gasteiger charge is 2.09. The van der Waals surface area contributed by atoms with Crippen LogP contribution in [-0.4, -0.2) is 0 Å². The topological polar surface area (TPSA) is 13.1 Å². The van der Waals surface area contributed by atoms with Crippen molar-refractivity contribution in [2.75, 3.05) is 0 Å². The van der Waals surface area contributed by atoms with Crippen molar-refractivity contribution in [2.24, 2.45) is 0 Å². The smallest absolute Gasteiger partial charge is 0.136 e. The van der Waals surface area contributed by atoms with Crippen LogP contribution in [-0.2, 0) is 0 Å². The standard InChI is InChI=1S/C31H22O/c1-21-9-11-22(12-10-21)23-13-15-24(16-14-23)25-5-4-6-26(19-25)27-17-18-29-28-7-2-3-8-30(28)32-31(29)20-27/h2-20H,1H3. The van der Waals surface area contributed by atoms with Crippen molar-refractivity contribution < 1.29 is 4.42 Å². The minimum atomic E-state index is 0.927. The van der Waals surface area contributed by atoms with E-state index in [0.29, 0.717) is 0 Å². The Morgan fingerprint density at radius 3 is 1.69 bits per heavy atom. The van der Waals surface area contributed by atoms with Crippen molar-refractivity contribution >= 4 is 21.9 Å². The number of hydrogen-bond acceptors (Lipinski definition) is 1. The summed E-state index contributed by atoms with van der Waals surface area (Å²) in [6, 6.07) is 40.9. The van der Waals surface area contributed by atoms with Crippen molar-refractivity contribution in [3.8, 4) is 33.4 Å². The molecule has 0 saturated heterocycles. The number of aryl methyl sites for hydroxylation is 1. The maximum atomic E-state index is 6.09. The minimum Gasteiger partial charge on any atom is -0.456 e. The van der Waals surface area contributed by atoms with E-state index in [4.69, 9.17) is 4.42 Å². The van der Waals surface area contributed by atoms with E-state index >= 15 is 0 Å². The molecule has 0 N–H and O–H groups in total. The molecular weight excluding hydrogens is 388 g/mol. The molecule has 0 aliphatic carbocycles. The second-order valence-corrected chi connectivity index (χ2v) is 8.33. The highest BCUT2D eigenvalue weighted by atomic mass is 16.3. The van der Waals surface area contributed by atoms with Crippen LogP contribution in [0.2, 0.25) is 0 Å². The Morgan fingerprint density at radius 1 is 0.406 bits per heavy atom. The van der Waals surface area contributed by atoms with Gasteiger partial charge in [0.15, 0.2) is 0 Å². The normalized spacial score (nSPS) is 11.3. The van der Waals surface area contributed by atoms with Crippen molar-refractivity contribution in [1.29, 1.82) is 0 Å². The molecule has 0 amide bonds. The molecule has 0 spiro atoms. The lowest BCUT2D eigenvalue weighted by Gasteiger charge is -2.08. The zero-order chi connectivity index (χ0) is 21.5. The Bertz CT molecular complexity index is 1550. The fraction of sp³-hybridized carbons (Fsp3) is 0.0323. The van der Waals surface area contributed by atoms with Gasteiger partial charge in [0.1, 0.15) is 11.2 Å². The first-order valence-corrected chi connectivity index (χ1v) is 10.9. The molecule has 152 valence electrons. The number of rotatable bonds is 3. The summed E-state index contributed by atoms with van der Waals surface area (Å²) >= 11 is 0. The zero-order valence-electron chi connectivity index (χ0n) is 17.9. The summed E-state index contributed by atoms with van der Waals surface area (Å²) in [5.41, 5.74) is 10.4. The SMILES string of the molecule is Cc1ccc(-c2ccc(-c3cccc(-c4ccc5c(c4)oc4ccccc45)c3)cc2)cc1.